The average Bonchev–Trinajstić information content (AvgIpc) is 2.28. The number of thioether (sulfide) groups is 1. The van der Waals surface area contributed by atoms with Crippen LogP contribution >= 0.6 is 11.8 Å². The summed E-state index contributed by atoms with van der Waals surface area (Å²) < 4.78 is 0.333. The van der Waals surface area contributed by atoms with E-state index in [0.717, 1.165) is 19.6 Å². The lowest BCUT2D eigenvalue weighted by Crippen LogP contribution is -2.42. The Balaban J connectivity index is 1.97. The van der Waals surface area contributed by atoms with E-state index in [2.05, 4.69) is 18.7 Å². The van der Waals surface area contributed by atoms with Crippen molar-refractivity contribution in [1.82, 2.24) is 4.90 Å². The van der Waals surface area contributed by atoms with E-state index in [1.165, 1.54) is 11.3 Å². The van der Waals surface area contributed by atoms with Crippen LogP contribution in [0.25, 0.3) is 0 Å². The first-order valence-corrected chi connectivity index (χ1v) is 7.26. The van der Waals surface area contributed by atoms with Gasteiger partial charge in [-0.2, -0.15) is 11.8 Å². The molecule has 1 aromatic carbocycles. The lowest BCUT2D eigenvalue weighted by molar-refractivity contribution is 0.252. The zero-order valence-electron chi connectivity index (χ0n) is 11.0. The van der Waals surface area contributed by atoms with Crippen LogP contribution in [0, 0.1) is 0 Å². The highest BCUT2D eigenvalue weighted by atomic mass is 32.2. The minimum Gasteiger partial charge on any atom is -0.423 e. The SMILES string of the molecule is CC1(C)CN(Cc2ccc(B(O)O)cc2)CCS1. The fourth-order valence-corrected chi connectivity index (χ4v) is 3.48. The summed E-state index contributed by atoms with van der Waals surface area (Å²) >= 11 is 2.03. The standard InChI is InChI=1S/C13H20BNO2S/c1-13(2)10-15(7-8-18-13)9-11-3-5-12(6-4-11)14(16)17/h3-6,16-17H,7-10H2,1-2H3. The minimum atomic E-state index is -1.37. The summed E-state index contributed by atoms with van der Waals surface area (Å²) in [6, 6.07) is 7.51. The molecule has 1 fully saturated rings. The van der Waals surface area contributed by atoms with Crippen molar-refractivity contribution in [2.75, 3.05) is 18.8 Å². The van der Waals surface area contributed by atoms with Gasteiger partial charge in [-0.05, 0) is 24.9 Å². The van der Waals surface area contributed by atoms with E-state index >= 15 is 0 Å². The fraction of sp³-hybridized carbons (Fsp3) is 0.538. The van der Waals surface area contributed by atoms with Crippen LogP contribution < -0.4 is 5.46 Å². The van der Waals surface area contributed by atoms with Crippen LogP contribution in [0.1, 0.15) is 19.4 Å². The van der Waals surface area contributed by atoms with Crippen LogP contribution in [0.3, 0.4) is 0 Å². The summed E-state index contributed by atoms with van der Waals surface area (Å²) in [6.45, 7) is 7.73. The smallest absolute Gasteiger partial charge is 0.423 e. The van der Waals surface area contributed by atoms with E-state index in [-0.39, 0.29) is 0 Å². The second-order valence-electron chi connectivity index (χ2n) is 5.43. The van der Waals surface area contributed by atoms with Crippen molar-refractivity contribution in [2.45, 2.75) is 25.1 Å². The molecule has 1 aromatic rings. The molecule has 2 rings (SSSR count). The molecule has 0 aromatic heterocycles. The molecular formula is C13H20BNO2S. The Morgan fingerprint density at radius 1 is 1.28 bits per heavy atom. The quantitative estimate of drug-likeness (QED) is 0.789. The highest BCUT2D eigenvalue weighted by molar-refractivity contribution is 8.00. The molecule has 18 heavy (non-hydrogen) atoms. The number of hydrogen-bond acceptors (Lipinski definition) is 4. The largest absolute Gasteiger partial charge is 0.488 e. The van der Waals surface area contributed by atoms with Gasteiger partial charge < -0.3 is 10.0 Å². The Kier molecular flexibility index (Phi) is 4.38. The maximum Gasteiger partial charge on any atom is 0.488 e. The zero-order valence-corrected chi connectivity index (χ0v) is 11.8. The third-order valence-corrected chi connectivity index (χ3v) is 4.49. The van der Waals surface area contributed by atoms with Gasteiger partial charge in [0.2, 0.25) is 0 Å². The fourth-order valence-electron chi connectivity index (χ4n) is 2.30. The van der Waals surface area contributed by atoms with E-state index in [1.54, 1.807) is 12.1 Å². The maximum atomic E-state index is 9.05. The van der Waals surface area contributed by atoms with Crippen LogP contribution in [0.4, 0.5) is 0 Å². The molecule has 98 valence electrons. The summed E-state index contributed by atoms with van der Waals surface area (Å²) in [5.74, 6) is 1.18. The normalized spacial score (nSPS) is 19.8. The Morgan fingerprint density at radius 3 is 2.50 bits per heavy atom. The summed E-state index contributed by atoms with van der Waals surface area (Å²) in [7, 11) is -1.37. The molecule has 1 aliphatic heterocycles. The van der Waals surface area contributed by atoms with Gasteiger partial charge in [0.1, 0.15) is 0 Å². The lowest BCUT2D eigenvalue weighted by atomic mass is 9.80. The molecule has 3 nitrogen and oxygen atoms in total. The van der Waals surface area contributed by atoms with Crippen LogP contribution in [-0.2, 0) is 6.54 Å². The number of nitrogens with zero attached hydrogens (tertiary/aromatic N) is 1. The van der Waals surface area contributed by atoms with Gasteiger partial charge >= 0.3 is 7.12 Å². The highest BCUT2D eigenvalue weighted by Gasteiger charge is 2.26. The molecule has 0 unspecified atom stereocenters. The van der Waals surface area contributed by atoms with Gasteiger partial charge in [-0.15, -0.1) is 0 Å². The Labute approximate surface area is 113 Å². The van der Waals surface area contributed by atoms with E-state index in [1.807, 2.05) is 23.9 Å². The second-order valence-corrected chi connectivity index (χ2v) is 7.24. The molecule has 1 saturated heterocycles. The molecule has 0 aliphatic carbocycles. The van der Waals surface area contributed by atoms with E-state index in [9.17, 15) is 0 Å². The average molecular weight is 265 g/mol. The molecule has 0 bridgehead atoms. The van der Waals surface area contributed by atoms with Crippen molar-refractivity contribution < 1.29 is 10.0 Å². The molecule has 0 spiro atoms. The topological polar surface area (TPSA) is 43.7 Å². The van der Waals surface area contributed by atoms with Gasteiger partial charge in [-0.25, -0.2) is 0 Å². The maximum absolute atomic E-state index is 9.05. The Bertz CT molecular complexity index is 394. The molecule has 5 heteroatoms. The molecule has 0 amide bonds. The van der Waals surface area contributed by atoms with E-state index in [4.69, 9.17) is 10.0 Å². The van der Waals surface area contributed by atoms with E-state index < -0.39 is 7.12 Å². The first-order chi connectivity index (χ1) is 8.46. The van der Waals surface area contributed by atoms with Gasteiger partial charge in [0.05, 0.1) is 0 Å². The molecule has 0 saturated carbocycles. The van der Waals surface area contributed by atoms with Gasteiger partial charge in [0, 0.05) is 30.1 Å². The van der Waals surface area contributed by atoms with Gasteiger partial charge in [-0.1, -0.05) is 24.3 Å². The third kappa shape index (κ3) is 3.75. The molecule has 0 radical (unpaired) electrons. The number of benzene rings is 1. The van der Waals surface area contributed by atoms with Crippen molar-refractivity contribution in [3.63, 3.8) is 0 Å². The summed E-state index contributed by atoms with van der Waals surface area (Å²) in [5.41, 5.74) is 1.77. The van der Waals surface area contributed by atoms with Gasteiger partial charge in [0.15, 0.2) is 0 Å². The van der Waals surface area contributed by atoms with Crippen molar-refractivity contribution in [3.8, 4) is 0 Å². The second kappa shape index (κ2) is 5.65. The first kappa shape index (κ1) is 13.9. The first-order valence-electron chi connectivity index (χ1n) is 6.28. The third-order valence-electron chi connectivity index (χ3n) is 3.19. The molecule has 0 atom stereocenters. The lowest BCUT2D eigenvalue weighted by Gasteiger charge is -2.37. The van der Waals surface area contributed by atoms with Crippen LogP contribution in [0.5, 0.6) is 0 Å². The van der Waals surface area contributed by atoms with Crippen LogP contribution in [0.15, 0.2) is 24.3 Å². The summed E-state index contributed by atoms with van der Waals surface area (Å²) in [5, 5.41) is 18.1. The van der Waals surface area contributed by atoms with Gasteiger partial charge in [-0.3, -0.25) is 4.90 Å². The molecule has 2 N–H and O–H groups in total. The number of rotatable bonds is 3. The van der Waals surface area contributed by atoms with Crippen LogP contribution in [-0.4, -0.2) is 45.7 Å². The minimum absolute atomic E-state index is 0.333. The Morgan fingerprint density at radius 2 is 1.94 bits per heavy atom. The molecular weight excluding hydrogens is 245 g/mol. The van der Waals surface area contributed by atoms with Crippen molar-refractivity contribution in [2.24, 2.45) is 0 Å². The van der Waals surface area contributed by atoms with Crippen molar-refractivity contribution in [1.29, 1.82) is 0 Å². The van der Waals surface area contributed by atoms with Crippen molar-refractivity contribution in [3.05, 3.63) is 29.8 Å². The Hall–Kier alpha value is -0.485. The van der Waals surface area contributed by atoms with Crippen molar-refractivity contribution >= 4 is 24.3 Å². The predicted molar refractivity (Wildman–Crippen MR) is 78.1 cm³/mol. The molecule has 1 aliphatic rings. The van der Waals surface area contributed by atoms with Crippen LogP contribution in [0.2, 0.25) is 0 Å². The monoisotopic (exact) mass is 265 g/mol. The number of hydrogen-bond donors (Lipinski definition) is 2. The summed E-state index contributed by atoms with van der Waals surface area (Å²) in [4.78, 5) is 2.46. The van der Waals surface area contributed by atoms with Gasteiger partial charge in [0.25, 0.3) is 0 Å². The predicted octanol–water partition coefficient (Wildman–Crippen LogP) is 0.694. The highest BCUT2D eigenvalue weighted by Crippen LogP contribution is 2.30. The molecule has 1 heterocycles. The van der Waals surface area contributed by atoms with E-state index in [0.29, 0.717) is 10.2 Å². The zero-order chi connectivity index (χ0) is 13.2. The summed E-state index contributed by atoms with van der Waals surface area (Å²) in [6.07, 6.45) is 0.